The Morgan fingerprint density at radius 2 is 1.91 bits per heavy atom. The number of aromatic nitrogens is 1. The van der Waals surface area contributed by atoms with Crippen LogP contribution >= 0.6 is 15.9 Å². The monoisotopic (exact) mass is 352 g/mol. The molecule has 108 valence electrons. The van der Waals surface area contributed by atoms with Crippen molar-refractivity contribution in [3.8, 4) is 16.9 Å². The SMILES string of the molecule is Oc1c(-c2ccccc2)cn2c1C=Nc1ccc(Br)cc1C2. The fourth-order valence-electron chi connectivity index (χ4n) is 2.78. The Morgan fingerprint density at radius 1 is 1.09 bits per heavy atom. The molecule has 4 rings (SSSR count). The van der Waals surface area contributed by atoms with Crippen LogP contribution in [0.25, 0.3) is 11.1 Å². The Labute approximate surface area is 136 Å². The highest BCUT2D eigenvalue weighted by Gasteiger charge is 2.18. The predicted molar refractivity (Wildman–Crippen MR) is 92.0 cm³/mol. The van der Waals surface area contributed by atoms with Gasteiger partial charge < -0.3 is 9.67 Å². The number of halogens is 1. The Kier molecular flexibility index (Phi) is 3.12. The molecule has 0 spiro atoms. The maximum Gasteiger partial charge on any atom is 0.150 e. The molecule has 0 fully saturated rings. The highest BCUT2D eigenvalue weighted by Crippen LogP contribution is 2.36. The van der Waals surface area contributed by atoms with Crippen molar-refractivity contribution in [2.75, 3.05) is 0 Å². The molecule has 3 aromatic rings. The minimum atomic E-state index is 0.279. The van der Waals surface area contributed by atoms with Crippen molar-refractivity contribution in [3.05, 3.63) is 70.5 Å². The normalized spacial score (nSPS) is 12.6. The average molecular weight is 353 g/mol. The molecular weight excluding hydrogens is 340 g/mol. The fraction of sp³-hybridized carbons (Fsp3) is 0.0556. The second-order valence-electron chi connectivity index (χ2n) is 5.30. The molecule has 1 aliphatic rings. The van der Waals surface area contributed by atoms with E-state index in [1.165, 1.54) is 0 Å². The molecule has 0 unspecified atom stereocenters. The minimum absolute atomic E-state index is 0.279. The molecule has 0 amide bonds. The zero-order valence-electron chi connectivity index (χ0n) is 11.7. The van der Waals surface area contributed by atoms with E-state index in [1.807, 2.05) is 53.2 Å². The summed E-state index contributed by atoms with van der Waals surface area (Å²) in [7, 11) is 0. The lowest BCUT2D eigenvalue weighted by Crippen LogP contribution is -2.00. The number of hydrogen-bond acceptors (Lipinski definition) is 2. The van der Waals surface area contributed by atoms with E-state index in [9.17, 15) is 5.11 Å². The summed E-state index contributed by atoms with van der Waals surface area (Å²) >= 11 is 3.50. The number of aromatic hydroxyl groups is 1. The minimum Gasteiger partial charge on any atom is -0.505 e. The van der Waals surface area contributed by atoms with E-state index in [-0.39, 0.29) is 5.75 Å². The molecule has 1 aliphatic heterocycles. The second kappa shape index (κ2) is 5.14. The molecule has 0 aliphatic carbocycles. The molecule has 0 atom stereocenters. The molecule has 0 saturated heterocycles. The molecule has 22 heavy (non-hydrogen) atoms. The lowest BCUT2D eigenvalue weighted by Gasteiger charge is -2.06. The van der Waals surface area contributed by atoms with Crippen molar-refractivity contribution in [2.24, 2.45) is 4.99 Å². The summed E-state index contributed by atoms with van der Waals surface area (Å²) in [5, 5.41) is 10.6. The first-order chi connectivity index (χ1) is 10.7. The topological polar surface area (TPSA) is 37.5 Å². The van der Waals surface area contributed by atoms with Gasteiger partial charge in [0.25, 0.3) is 0 Å². The van der Waals surface area contributed by atoms with Crippen molar-refractivity contribution in [2.45, 2.75) is 6.54 Å². The van der Waals surface area contributed by atoms with Gasteiger partial charge in [0.1, 0.15) is 11.4 Å². The highest BCUT2D eigenvalue weighted by atomic mass is 79.9. The van der Waals surface area contributed by atoms with Gasteiger partial charge in [-0.1, -0.05) is 46.3 Å². The smallest absolute Gasteiger partial charge is 0.150 e. The fourth-order valence-corrected chi connectivity index (χ4v) is 3.18. The summed E-state index contributed by atoms with van der Waals surface area (Å²) in [6, 6.07) is 15.9. The molecule has 3 nitrogen and oxygen atoms in total. The Bertz CT molecular complexity index is 882. The quantitative estimate of drug-likeness (QED) is 0.528. The van der Waals surface area contributed by atoms with E-state index in [2.05, 4.69) is 27.0 Å². The number of aliphatic imine (C=N–C) groups is 1. The van der Waals surface area contributed by atoms with Gasteiger partial charge >= 0.3 is 0 Å². The van der Waals surface area contributed by atoms with Gasteiger partial charge in [0.15, 0.2) is 0 Å². The Morgan fingerprint density at radius 3 is 2.73 bits per heavy atom. The summed E-state index contributed by atoms with van der Waals surface area (Å²) in [6.07, 6.45) is 3.73. The van der Waals surface area contributed by atoms with Gasteiger partial charge in [-0.05, 0) is 29.3 Å². The number of fused-ring (bicyclic) bond motifs is 2. The third kappa shape index (κ3) is 2.16. The van der Waals surface area contributed by atoms with Gasteiger partial charge in [-0.15, -0.1) is 0 Å². The molecule has 1 N–H and O–H groups in total. The van der Waals surface area contributed by atoms with Crippen molar-refractivity contribution in [3.63, 3.8) is 0 Å². The van der Waals surface area contributed by atoms with Crippen LogP contribution in [0.4, 0.5) is 5.69 Å². The summed E-state index contributed by atoms with van der Waals surface area (Å²) in [5.41, 5.74) is 4.64. The van der Waals surface area contributed by atoms with Crippen molar-refractivity contribution >= 4 is 27.8 Å². The number of nitrogens with zero attached hydrogens (tertiary/aromatic N) is 2. The standard InChI is InChI=1S/C18H13BrN2O/c19-14-6-7-16-13(8-14)10-21-11-15(12-4-2-1-3-5-12)18(22)17(21)9-20-16/h1-9,11,22H,10H2. The molecule has 0 saturated carbocycles. The molecule has 0 radical (unpaired) electrons. The first kappa shape index (κ1) is 13.3. The van der Waals surface area contributed by atoms with Crippen LogP contribution in [0.5, 0.6) is 5.75 Å². The predicted octanol–water partition coefficient (Wildman–Crippen LogP) is 4.74. The molecule has 2 heterocycles. The van der Waals surface area contributed by atoms with E-state index in [4.69, 9.17) is 0 Å². The lowest BCUT2D eigenvalue weighted by molar-refractivity contribution is 0.475. The van der Waals surface area contributed by atoms with Crippen LogP contribution in [0.15, 0.2) is 64.2 Å². The van der Waals surface area contributed by atoms with Crippen LogP contribution in [0.1, 0.15) is 11.3 Å². The van der Waals surface area contributed by atoms with Gasteiger partial charge in [-0.3, -0.25) is 4.99 Å². The van der Waals surface area contributed by atoms with Crippen molar-refractivity contribution < 1.29 is 5.11 Å². The van der Waals surface area contributed by atoms with Gasteiger partial charge in [0, 0.05) is 22.8 Å². The van der Waals surface area contributed by atoms with Gasteiger partial charge in [-0.2, -0.15) is 0 Å². The molecule has 2 aromatic carbocycles. The highest BCUT2D eigenvalue weighted by molar-refractivity contribution is 9.10. The second-order valence-corrected chi connectivity index (χ2v) is 6.22. The van der Waals surface area contributed by atoms with Crippen molar-refractivity contribution in [1.29, 1.82) is 0 Å². The zero-order valence-corrected chi connectivity index (χ0v) is 13.3. The summed E-state index contributed by atoms with van der Waals surface area (Å²) < 4.78 is 3.07. The first-order valence-electron chi connectivity index (χ1n) is 7.02. The maximum atomic E-state index is 10.6. The Balaban J connectivity index is 1.85. The summed E-state index contributed by atoms with van der Waals surface area (Å²) in [6.45, 7) is 0.685. The summed E-state index contributed by atoms with van der Waals surface area (Å²) in [5.74, 6) is 0.279. The van der Waals surface area contributed by atoms with Crippen LogP contribution in [-0.2, 0) is 6.54 Å². The number of hydrogen-bond donors (Lipinski definition) is 1. The van der Waals surface area contributed by atoms with Crippen molar-refractivity contribution in [1.82, 2.24) is 4.57 Å². The van der Waals surface area contributed by atoms with Crippen LogP contribution in [0.2, 0.25) is 0 Å². The van der Waals surface area contributed by atoms with E-state index in [0.29, 0.717) is 6.54 Å². The van der Waals surface area contributed by atoms with E-state index < -0.39 is 0 Å². The third-order valence-corrected chi connectivity index (χ3v) is 4.38. The molecule has 1 aromatic heterocycles. The van der Waals surface area contributed by atoms with E-state index >= 15 is 0 Å². The lowest BCUT2D eigenvalue weighted by atomic mass is 10.1. The van der Waals surface area contributed by atoms with E-state index in [0.717, 1.165) is 32.5 Å². The number of rotatable bonds is 1. The van der Waals surface area contributed by atoms with Gasteiger partial charge in [0.05, 0.1) is 11.9 Å². The van der Waals surface area contributed by atoms with Crippen LogP contribution < -0.4 is 0 Å². The van der Waals surface area contributed by atoms with Gasteiger partial charge in [0.2, 0.25) is 0 Å². The zero-order chi connectivity index (χ0) is 15.1. The van der Waals surface area contributed by atoms with Gasteiger partial charge in [-0.25, -0.2) is 0 Å². The van der Waals surface area contributed by atoms with Crippen LogP contribution in [-0.4, -0.2) is 15.9 Å². The maximum absolute atomic E-state index is 10.6. The summed E-state index contributed by atoms with van der Waals surface area (Å²) in [4.78, 5) is 4.51. The average Bonchev–Trinajstić information content (AvgIpc) is 2.73. The van der Waals surface area contributed by atoms with Crippen LogP contribution in [0.3, 0.4) is 0 Å². The largest absolute Gasteiger partial charge is 0.505 e. The third-order valence-electron chi connectivity index (χ3n) is 3.89. The molecule has 0 bridgehead atoms. The molecular formula is C18H13BrN2O. The number of benzene rings is 2. The van der Waals surface area contributed by atoms with Crippen LogP contribution in [0, 0.1) is 0 Å². The molecule has 4 heteroatoms. The Hall–Kier alpha value is -2.33. The van der Waals surface area contributed by atoms with E-state index in [1.54, 1.807) is 6.21 Å². The first-order valence-corrected chi connectivity index (χ1v) is 7.82.